The number of hydrogen-bond donors (Lipinski definition) is 1. The number of likely N-dealkylation sites (N-methyl/N-ethyl adjacent to an activating group) is 2. The van der Waals surface area contributed by atoms with Gasteiger partial charge in [-0.3, -0.25) is 10.1 Å². The predicted molar refractivity (Wildman–Crippen MR) is 162 cm³/mol. The average Bonchev–Trinajstić information content (AvgIpc) is 3.54. The summed E-state index contributed by atoms with van der Waals surface area (Å²) in [5.74, 6) is -0.000211. The molecule has 1 fully saturated rings. The van der Waals surface area contributed by atoms with Gasteiger partial charge in [-0.1, -0.05) is 18.2 Å². The quantitative estimate of drug-likeness (QED) is 0.157. The molecule has 1 aliphatic heterocycles. The summed E-state index contributed by atoms with van der Waals surface area (Å²) >= 11 is 0. The molecule has 5 rings (SSSR count). The van der Waals surface area contributed by atoms with Crippen LogP contribution in [0.15, 0.2) is 48.8 Å². The molecule has 2 aromatic heterocycles. The van der Waals surface area contributed by atoms with Gasteiger partial charge < -0.3 is 29.2 Å². The second-order valence-electron chi connectivity index (χ2n) is 10.4. The van der Waals surface area contributed by atoms with E-state index in [0.29, 0.717) is 35.4 Å². The van der Waals surface area contributed by atoms with Crippen molar-refractivity contribution in [3.63, 3.8) is 0 Å². The number of methoxy groups -OCH3 is 1. The first-order valence-corrected chi connectivity index (χ1v) is 13.8. The van der Waals surface area contributed by atoms with Crippen molar-refractivity contribution in [2.24, 2.45) is 7.05 Å². The minimum Gasteiger partial charge on any atom is -0.494 e. The number of nitrogens with one attached hydrogen (secondary N) is 1. The highest BCUT2D eigenvalue weighted by Gasteiger charge is 2.27. The van der Waals surface area contributed by atoms with Crippen LogP contribution in [0.4, 0.5) is 23.0 Å². The van der Waals surface area contributed by atoms with Crippen LogP contribution >= 0.6 is 0 Å². The summed E-state index contributed by atoms with van der Waals surface area (Å²) in [6.07, 6.45) is 5.46. The van der Waals surface area contributed by atoms with Gasteiger partial charge in [0.05, 0.1) is 30.0 Å². The molecule has 3 heterocycles. The van der Waals surface area contributed by atoms with Gasteiger partial charge >= 0.3 is 5.97 Å². The summed E-state index contributed by atoms with van der Waals surface area (Å²) in [6.45, 7) is 3.60. The lowest BCUT2D eigenvalue weighted by molar-refractivity contribution is -0.384. The van der Waals surface area contributed by atoms with E-state index < -0.39 is 10.9 Å². The minimum absolute atomic E-state index is 0.0705. The molecule has 0 unspecified atom stereocenters. The van der Waals surface area contributed by atoms with Crippen LogP contribution in [-0.4, -0.2) is 77.3 Å². The number of nitro groups is 1. The van der Waals surface area contributed by atoms with Crippen molar-refractivity contribution in [3.8, 4) is 17.0 Å². The highest BCUT2D eigenvalue weighted by Crippen LogP contribution is 2.40. The van der Waals surface area contributed by atoms with E-state index in [-0.39, 0.29) is 23.8 Å². The maximum absolute atomic E-state index is 12.9. The number of aryl methyl sites for hydroxylation is 1. The van der Waals surface area contributed by atoms with Crippen molar-refractivity contribution in [2.45, 2.75) is 25.8 Å². The Kier molecular flexibility index (Phi) is 8.25. The van der Waals surface area contributed by atoms with E-state index in [9.17, 15) is 14.9 Å². The van der Waals surface area contributed by atoms with Gasteiger partial charge in [0.25, 0.3) is 5.69 Å². The summed E-state index contributed by atoms with van der Waals surface area (Å²) in [5, 5.41) is 16.2. The third kappa shape index (κ3) is 5.57. The van der Waals surface area contributed by atoms with Gasteiger partial charge in [-0.25, -0.2) is 14.8 Å². The van der Waals surface area contributed by atoms with E-state index in [0.717, 1.165) is 35.9 Å². The van der Waals surface area contributed by atoms with Gasteiger partial charge in [-0.2, -0.15) is 0 Å². The number of anilines is 3. The molecule has 12 nitrogen and oxygen atoms in total. The zero-order chi connectivity index (χ0) is 30.0. The minimum atomic E-state index is -0.541. The van der Waals surface area contributed by atoms with E-state index in [1.807, 2.05) is 54.0 Å². The second kappa shape index (κ2) is 12.0. The first kappa shape index (κ1) is 28.8. The number of benzene rings is 2. The predicted octanol–water partition coefficient (Wildman–Crippen LogP) is 5.00. The molecule has 2 aromatic carbocycles. The van der Waals surface area contributed by atoms with Crippen molar-refractivity contribution >= 4 is 39.9 Å². The van der Waals surface area contributed by atoms with Crippen LogP contribution in [0, 0.1) is 10.1 Å². The summed E-state index contributed by atoms with van der Waals surface area (Å²) in [7, 11) is 7.36. The number of carbonyl (C=O) groups is 1. The molecule has 0 amide bonds. The molecule has 0 bridgehead atoms. The molecule has 0 radical (unpaired) electrons. The van der Waals surface area contributed by atoms with Crippen LogP contribution in [0.1, 0.15) is 30.1 Å². The van der Waals surface area contributed by atoms with E-state index in [1.54, 1.807) is 13.0 Å². The third-order valence-electron chi connectivity index (χ3n) is 7.74. The standard InChI is InChI=1S/C30H35N7O5/c1-6-42-29(38)21-16-31-30(33-28(21)22-18-36(4)24-12-8-7-11-20(22)24)32-23-14-26(37(39)40)25(15-27(23)41-5)35(3)17-19-10-9-13-34(19)2/h7-8,11-12,14-16,18-19H,6,9-10,13,17H2,1-5H3,(H,31,32,33)/t19-/m1/s1. The highest BCUT2D eigenvalue weighted by molar-refractivity contribution is 6.03. The van der Waals surface area contributed by atoms with E-state index in [2.05, 4.69) is 22.2 Å². The molecule has 4 aromatic rings. The molecule has 1 saturated heterocycles. The van der Waals surface area contributed by atoms with Crippen LogP contribution in [0.5, 0.6) is 5.75 Å². The van der Waals surface area contributed by atoms with Crippen LogP contribution in [0.2, 0.25) is 0 Å². The Hall–Kier alpha value is -4.71. The molecular weight excluding hydrogens is 538 g/mol. The lowest BCUT2D eigenvalue weighted by atomic mass is 10.1. The molecule has 1 N–H and O–H groups in total. The number of esters is 1. The van der Waals surface area contributed by atoms with Gasteiger partial charge in [-0.05, 0) is 39.4 Å². The van der Waals surface area contributed by atoms with Crippen molar-refractivity contribution in [2.75, 3.05) is 51.1 Å². The molecule has 1 aliphatic rings. The third-order valence-corrected chi connectivity index (χ3v) is 7.74. The Labute approximate surface area is 244 Å². The van der Waals surface area contributed by atoms with Crippen molar-refractivity contribution < 1.29 is 19.2 Å². The number of hydrogen-bond acceptors (Lipinski definition) is 10. The number of aromatic nitrogens is 3. The molecule has 0 aliphatic carbocycles. The fraction of sp³-hybridized carbons (Fsp3) is 0.367. The maximum Gasteiger partial charge on any atom is 0.341 e. The normalized spacial score (nSPS) is 15.1. The number of para-hydroxylation sites is 1. The summed E-state index contributed by atoms with van der Waals surface area (Å²) in [5.41, 5.74) is 3.01. The van der Waals surface area contributed by atoms with Crippen LogP contribution in [-0.2, 0) is 11.8 Å². The fourth-order valence-corrected chi connectivity index (χ4v) is 5.56. The summed E-state index contributed by atoms with van der Waals surface area (Å²) in [4.78, 5) is 37.9. The number of fused-ring (bicyclic) bond motifs is 1. The van der Waals surface area contributed by atoms with Crippen LogP contribution in [0.25, 0.3) is 22.2 Å². The van der Waals surface area contributed by atoms with Gasteiger partial charge in [0, 0.05) is 67.7 Å². The van der Waals surface area contributed by atoms with Crippen molar-refractivity contribution in [3.05, 3.63) is 64.5 Å². The van der Waals surface area contributed by atoms with Crippen LogP contribution < -0.4 is 15.0 Å². The van der Waals surface area contributed by atoms with Crippen molar-refractivity contribution in [1.29, 1.82) is 0 Å². The number of nitro benzene ring substituents is 1. The van der Waals surface area contributed by atoms with Gasteiger partial charge in [-0.15, -0.1) is 0 Å². The number of carbonyl (C=O) groups excluding carboxylic acids is 1. The lowest BCUT2D eigenvalue weighted by Gasteiger charge is -2.27. The smallest absolute Gasteiger partial charge is 0.341 e. The van der Waals surface area contributed by atoms with Gasteiger partial charge in [0.2, 0.25) is 5.95 Å². The Morgan fingerprint density at radius 1 is 1.26 bits per heavy atom. The molecular formula is C30H35N7O5. The SMILES string of the molecule is CCOC(=O)c1cnc(Nc2cc([N+](=O)[O-])c(N(C)C[C@H]3CCCN3C)cc2OC)nc1-c1cn(C)c2ccccc12. The van der Waals surface area contributed by atoms with E-state index in [4.69, 9.17) is 14.5 Å². The highest BCUT2D eigenvalue weighted by atomic mass is 16.6. The average molecular weight is 574 g/mol. The maximum atomic E-state index is 12.9. The molecule has 220 valence electrons. The van der Waals surface area contributed by atoms with E-state index in [1.165, 1.54) is 19.4 Å². The van der Waals surface area contributed by atoms with Crippen molar-refractivity contribution in [1.82, 2.24) is 19.4 Å². The molecule has 1 atom stereocenters. The van der Waals surface area contributed by atoms with E-state index >= 15 is 0 Å². The van der Waals surface area contributed by atoms with Gasteiger partial charge in [0.15, 0.2) is 0 Å². The second-order valence-corrected chi connectivity index (χ2v) is 10.4. The molecule has 12 heteroatoms. The zero-order valence-electron chi connectivity index (χ0n) is 24.5. The first-order chi connectivity index (χ1) is 20.2. The van der Waals surface area contributed by atoms with Gasteiger partial charge in [0.1, 0.15) is 17.0 Å². The summed E-state index contributed by atoms with van der Waals surface area (Å²) in [6, 6.07) is 11.2. The van der Waals surface area contributed by atoms with Crippen LogP contribution in [0.3, 0.4) is 0 Å². The zero-order valence-corrected chi connectivity index (χ0v) is 24.5. The molecule has 42 heavy (non-hydrogen) atoms. The number of rotatable bonds is 10. The Balaban J connectivity index is 1.55. The fourth-order valence-electron chi connectivity index (χ4n) is 5.56. The lowest BCUT2D eigenvalue weighted by Crippen LogP contribution is -2.36. The Morgan fingerprint density at radius 3 is 2.74 bits per heavy atom. The largest absolute Gasteiger partial charge is 0.494 e. The Morgan fingerprint density at radius 2 is 2.05 bits per heavy atom. The topological polar surface area (TPSA) is 128 Å². The number of ether oxygens (including phenoxy) is 2. The summed E-state index contributed by atoms with van der Waals surface area (Å²) < 4.78 is 12.9. The first-order valence-electron chi connectivity index (χ1n) is 13.8. The number of likely N-dealkylation sites (tertiary alicyclic amines) is 1. The molecule has 0 saturated carbocycles. The number of nitrogens with zero attached hydrogens (tertiary/aromatic N) is 6. The monoisotopic (exact) mass is 573 g/mol. The molecule has 0 spiro atoms. The Bertz CT molecular complexity index is 1640.